The fourth-order valence-corrected chi connectivity index (χ4v) is 1.88. The lowest BCUT2D eigenvalue weighted by atomic mass is 9.86. The zero-order chi connectivity index (χ0) is 10.9. The van der Waals surface area contributed by atoms with Crippen molar-refractivity contribution in [3.63, 3.8) is 0 Å². The molecule has 0 saturated carbocycles. The molecule has 0 atom stereocenters. The van der Waals surface area contributed by atoms with E-state index in [1.807, 2.05) is 0 Å². The second kappa shape index (κ2) is 3.79. The van der Waals surface area contributed by atoms with E-state index in [9.17, 15) is 14.6 Å². The van der Waals surface area contributed by atoms with Crippen molar-refractivity contribution in [2.24, 2.45) is 0 Å². The number of phenols is 1. The first-order chi connectivity index (χ1) is 7.12. The van der Waals surface area contributed by atoms with Gasteiger partial charge < -0.3 is 14.9 Å². The molecule has 1 heterocycles. The van der Waals surface area contributed by atoms with Crippen LogP contribution in [0.4, 0.5) is 4.39 Å². The first-order valence-electron chi connectivity index (χ1n) is 4.91. The van der Waals surface area contributed by atoms with Gasteiger partial charge in [-0.1, -0.05) is 0 Å². The predicted octanol–water partition coefficient (Wildman–Crippen LogP) is 1.53. The molecule has 2 N–H and O–H groups in total. The highest BCUT2D eigenvalue weighted by Crippen LogP contribution is 2.37. The summed E-state index contributed by atoms with van der Waals surface area (Å²) in [6.07, 6.45) is 0.846. The lowest BCUT2D eigenvalue weighted by Crippen LogP contribution is -2.33. The van der Waals surface area contributed by atoms with Crippen LogP contribution in [-0.2, 0) is 10.3 Å². The van der Waals surface area contributed by atoms with Gasteiger partial charge in [-0.05, 0) is 12.1 Å². The molecule has 0 bridgehead atoms. The predicted molar refractivity (Wildman–Crippen MR) is 52.0 cm³/mol. The summed E-state index contributed by atoms with van der Waals surface area (Å²) < 4.78 is 17.9. The summed E-state index contributed by atoms with van der Waals surface area (Å²) in [6, 6.07) is 3.68. The Balaban J connectivity index is 2.35. The van der Waals surface area contributed by atoms with Crippen LogP contribution in [0.3, 0.4) is 0 Å². The monoisotopic (exact) mass is 212 g/mol. The standard InChI is InChI=1S/C11H13FO3/c12-8-1-2-9(10(13)7-8)11(14)3-5-15-6-4-11/h1-2,7,13-14H,3-6H2. The highest BCUT2D eigenvalue weighted by Gasteiger charge is 2.34. The van der Waals surface area contributed by atoms with Crippen LogP contribution in [0.5, 0.6) is 5.75 Å². The Bertz CT molecular complexity index is 359. The van der Waals surface area contributed by atoms with Crippen LogP contribution in [0.25, 0.3) is 0 Å². The van der Waals surface area contributed by atoms with Crippen molar-refractivity contribution in [2.45, 2.75) is 18.4 Å². The van der Waals surface area contributed by atoms with E-state index in [2.05, 4.69) is 0 Å². The van der Waals surface area contributed by atoms with Crippen LogP contribution in [0.15, 0.2) is 18.2 Å². The van der Waals surface area contributed by atoms with Gasteiger partial charge in [0.1, 0.15) is 11.6 Å². The Kier molecular flexibility index (Phi) is 2.63. The third-order valence-electron chi connectivity index (χ3n) is 2.78. The number of aliphatic hydroxyl groups is 1. The molecule has 0 aromatic heterocycles. The van der Waals surface area contributed by atoms with Gasteiger partial charge in [0.05, 0.1) is 5.60 Å². The molecule has 1 saturated heterocycles. The highest BCUT2D eigenvalue weighted by molar-refractivity contribution is 5.37. The summed E-state index contributed by atoms with van der Waals surface area (Å²) in [7, 11) is 0. The first kappa shape index (κ1) is 10.4. The van der Waals surface area contributed by atoms with Crippen LogP contribution < -0.4 is 0 Å². The third kappa shape index (κ3) is 1.96. The molecule has 0 amide bonds. The Hall–Kier alpha value is -1.13. The number of hydrogen-bond acceptors (Lipinski definition) is 3. The Morgan fingerprint density at radius 2 is 1.93 bits per heavy atom. The van der Waals surface area contributed by atoms with Crippen LogP contribution in [0.1, 0.15) is 18.4 Å². The topological polar surface area (TPSA) is 49.7 Å². The normalized spacial score (nSPS) is 20.1. The van der Waals surface area contributed by atoms with Crippen LogP contribution in [0.2, 0.25) is 0 Å². The van der Waals surface area contributed by atoms with E-state index in [4.69, 9.17) is 4.74 Å². The van der Waals surface area contributed by atoms with Crippen molar-refractivity contribution >= 4 is 0 Å². The van der Waals surface area contributed by atoms with Crippen molar-refractivity contribution in [2.75, 3.05) is 13.2 Å². The van der Waals surface area contributed by atoms with Gasteiger partial charge in [0.25, 0.3) is 0 Å². The maximum atomic E-state index is 12.8. The number of hydrogen-bond donors (Lipinski definition) is 2. The van der Waals surface area contributed by atoms with E-state index >= 15 is 0 Å². The highest BCUT2D eigenvalue weighted by atomic mass is 19.1. The number of aromatic hydroxyl groups is 1. The largest absolute Gasteiger partial charge is 0.507 e. The van der Waals surface area contributed by atoms with E-state index in [0.717, 1.165) is 6.07 Å². The first-order valence-corrected chi connectivity index (χ1v) is 4.91. The van der Waals surface area contributed by atoms with Gasteiger partial charge in [-0.3, -0.25) is 0 Å². The molecule has 1 fully saturated rings. The van der Waals surface area contributed by atoms with E-state index in [0.29, 0.717) is 31.6 Å². The SMILES string of the molecule is Oc1cc(F)ccc1C1(O)CCOCC1. The van der Waals surface area contributed by atoms with E-state index < -0.39 is 11.4 Å². The van der Waals surface area contributed by atoms with Gasteiger partial charge in [0, 0.05) is 37.7 Å². The molecule has 1 aliphatic heterocycles. The summed E-state index contributed by atoms with van der Waals surface area (Å²) >= 11 is 0. The maximum Gasteiger partial charge on any atom is 0.126 e. The fourth-order valence-electron chi connectivity index (χ4n) is 1.88. The maximum absolute atomic E-state index is 12.8. The van der Waals surface area contributed by atoms with Crippen LogP contribution >= 0.6 is 0 Å². The average molecular weight is 212 g/mol. The van der Waals surface area contributed by atoms with Crippen LogP contribution in [-0.4, -0.2) is 23.4 Å². The summed E-state index contributed by atoms with van der Waals surface area (Å²) in [6.45, 7) is 0.903. The number of ether oxygens (including phenoxy) is 1. The smallest absolute Gasteiger partial charge is 0.126 e. The number of rotatable bonds is 1. The number of benzene rings is 1. The molecular formula is C11H13FO3. The Labute approximate surface area is 87.1 Å². The molecule has 15 heavy (non-hydrogen) atoms. The third-order valence-corrected chi connectivity index (χ3v) is 2.78. The Morgan fingerprint density at radius 1 is 1.27 bits per heavy atom. The molecule has 4 heteroatoms. The molecule has 82 valence electrons. The van der Waals surface area contributed by atoms with E-state index in [-0.39, 0.29) is 5.75 Å². The summed E-state index contributed by atoms with van der Waals surface area (Å²) in [5, 5.41) is 19.8. The zero-order valence-electron chi connectivity index (χ0n) is 8.24. The van der Waals surface area contributed by atoms with Gasteiger partial charge in [0.2, 0.25) is 0 Å². The molecule has 1 aliphatic rings. The molecule has 0 unspecified atom stereocenters. The van der Waals surface area contributed by atoms with Crippen molar-refractivity contribution in [1.29, 1.82) is 0 Å². The van der Waals surface area contributed by atoms with Gasteiger partial charge in [-0.15, -0.1) is 0 Å². The fraction of sp³-hybridized carbons (Fsp3) is 0.455. The number of phenolic OH excluding ortho intramolecular Hbond substituents is 1. The molecule has 2 rings (SSSR count). The van der Waals surface area contributed by atoms with Crippen molar-refractivity contribution < 1.29 is 19.3 Å². The van der Waals surface area contributed by atoms with Gasteiger partial charge >= 0.3 is 0 Å². The molecular weight excluding hydrogens is 199 g/mol. The lowest BCUT2D eigenvalue weighted by molar-refractivity contribution is -0.0689. The molecule has 0 spiro atoms. The van der Waals surface area contributed by atoms with Gasteiger partial charge in [-0.2, -0.15) is 0 Å². The second-order valence-corrected chi connectivity index (χ2v) is 3.81. The summed E-state index contributed by atoms with van der Waals surface area (Å²) in [5.41, 5.74) is -0.706. The van der Waals surface area contributed by atoms with E-state index in [1.54, 1.807) is 0 Å². The lowest BCUT2D eigenvalue weighted by Gasteiger charge is -2.32. The van der Waals surface area contributed by atoms with Gasteiger partial charge in [-0.25, -0.2) is 4.39 Å². The molecule has 0 aliphatic carbocycles. The summed E-state index contributed by atoms with van der Waals surface area (Å²) in [4.78, 5) is 0. The minimum Gasteiger partial charge on any atom is -0.507 e. The second-order valence-electron chi connectivity index (χ2n) is 3.81. The Morgan fingerprint density at radius 3 is 2.53 bits per heavy atom. The minimum atomic E-state index is -1.09. The summed E-state index contributed by atoms with van der Waals surface area (Å²) in [5.74, 6) is -0.702. The average Bonchev–Trinajstić information content (AvgIpc) is 2.18. The van der Waals surface area contributed by atoms with E-state index in [1.165, 1.54) is 12.1 Å². The molecule has 1 aromatic rings. The quantitative estimate of drug-likeness (QED) is 0.742. The van der Waals surface area contributed by atoms with Crippen molar-refractivity contribution in [3.05, 3.63) is 29.6 Å². The molecule has 3 nitrogen and oxygen atoms in total. The van der Waals surface area contributed by atoms with Crippen molar-refractivity contribution in [3.8, 4) is 5.75 Å². The minimum absolute atomic E-state index is 0.195. The number of halogens is 1. The molecule has 1 aromatic carbocycles. The zero-order valence-corrected chi connectivity index (χ0v) is 8.24. The van der Waals surface area contributed by atoms with Gasteiger partial charge in [0.15, 0.2) is 0 Å². The van der Waals surface area contributed by atoms with Crippen molar-refractivity contribution in [1.82, 2.24) is 0 Å². The molecule has 0 radical (unpaired) electrons. The van der Waals surface area contributed by atoms with Crippen LogP contribution in [0, 0.1) is 5.82 Å².